The number of ether oxygens (including phenoxy) is 1. The van der Waals surface area contributed by atoms with E-state index in [0.29, 0.717) is 0 Å². The fraction of sp³-hybridized carbons (Fsp3) is 0.333. The maximum atomic E-state index is 12.6. The number of nitrogens with two attached hydrogens (primary N) is 2. The third-order valence-corrected chi connectivity index (χ3v) is 5.05. The summed E-state index contributed by atoms with van der Waals surface area (Å²) in [6.07, 6.45) is -1.29. The molecule has 0 spiro atoms. The van der Waals surface area contributed by atoms with Crippen LogP contribution in [0.5, 0.6) is 0 Å². The van der Waals surface area contributed by atoms with Gasteiger partial charge in [0.25, 0.3) is 11.8 Å². The number of carboxylic acids is 1. The van der Waals surface area contributed by atoms with Gasteiger partial charge in [-0.2, -0.15) is 8.42 Å². The Labute approximate surface area is 171 Å². The highest BCUT2D eigenvalue weighted by Gasteiger charge is 2.54. The summed E-state index contributed by atoms with van der Waals surface area (Å²) in [7, 11) is -5.02. The topological polar surface area (TPSA) is 254 Å². The van der Waals surface area contributed by atoms with E-state index in [0.717, 1.165) is 11.3 Å². The van der Waals surface area contributed by atoms with E-state index in [2.05, 4.69) is 25.0 Å². The molecule has 1 aliphatic heterocycles. The van der Waals surface area contributed by atoms with Crippen molar-refractivity contribution in [2.45, 2.75) is 12.1 Å². The highest BCUT2D eigenvalue weighted by atomic mass is 32.2. The lowest BCUT2D eigenvalue weighted by molar-refractivity contribution is -0.146. The minimum absolute atomic E-state index is 0.0144. The Kier molecular flexibility index (Phi) is 6.74. The van der Waals surface area contributed by atoms with E-state index < -0.39 is 65.2 Å². The average Bonchev–Trinajstić information content (AvgIpc) is 3.04. The standard InChI is InChI=1S/C12H14N6O10S2/c13-11-15-4(3-29-11)7(17-28-2-6(19)20)9(21)16-8-5(1-27-12(14)23)18(10(8)22)30(24,25)26/h3,5,8H,1-2H2,(H2,13,15)(H2,14,23)(H,16,21)(H,19,20)(H,24,25,26)/b17-7+/t5-,8+/m1/s1. The SMILES string of the molecule is NC(=O)OC[C@@H]1[C@H](NC(=O)/C(=N/OCC(=O)O)c2csc(N)n2)C(=O)N1S(=O)(=O)O. The Morgan fingerprint density at radius 2 is 2.07 bits per heavy atom. The molecule has 1 aliphatic rings. The number of thiazole rings is 1. The Morgan fingerprint density at radius 1 is 1.40 bits per heavy atom. The molecule has 1 saturated heterocycles. The second-order valence-corrected chi connectivity index (χ2v) is 7.62. The molecule has 3 amide bonds. The van der Waals surface area contributed by atoms with Gasteiger partial charge in [-0.25, -0.2) is 18.9 Å². The van der Waals surface area contributed by atoms with Gasteiger partial charge >= 0.3 is 22.4 Å². The van der Waals surface area contributed by atoms with Crippen molar-refractivity contribution in [3.63, 3.8) is 0 Å². The lowest BCUT2D eigenvalue weighted by Gasteiger charge is -2.43. The molecule has 1 aromatic rings. The summed E-state index contributed by atoms with van der Waals surface area (Å²) >= 11 is 0.920. The van der Waals surface area contributed by atoms with E-state index in [1.807, 2.05) is 0 Å². The number of β-lactam (4-membered cyclic amide) rings is 1. The van der Waals surface area contributed by atoms with Crippen LogP contribution in [0.25, 0.3) is 0 Å². The molecule has 16 nitrogen and oxygen atoms in total. The largest absolute Gasteiger partial charge is 0.479 e. The molecule has 0 aliphatic carbocycles. The lowest BCUT2D eigenvalue weighted by atomic mass is 9.99. The molecule has 0 bridgehead atoms. The first kappa shape index (κ1) is 22.8. The Hall–Kier alpha value is -3.51. The number of nitrogens with zero attached hydrogens (tertiary/aromatic N) is 3. The van der Waals surface area contributed by atoms with Crippen molar-refractivity contribution in [3.05, 3.63) is 11.1 Å². The van der Waals surface area contributed by atoms with E-state index in [-0.39, 0.29) is 15.1 Å². The molecule has 0 aromatic carbocycles. The fourth-order valence-corrected chi connectivity index (χ4v) is 3.67. The summed E-state index contributed by atoms with van der Waals surface area (Å²) in [6.45, 7) is -1.66. The molecule has 18 heteroatoms. The molecular formula is C12H14N6O10S2. The number of nitrogens with one attached hydrogen (secondary N) is 1. The predicted molar refractivity (Wildman–Crippen MR) is 96.3 cm³/mol. The van der Waals surface area contributed by atoms with Gasteiger partial charge in [-0.1, -0.05) is 5.16 Å². The maximum Gasteiger partial charge on any atom is 0.404 e. The number of carbonyl (C=O) groups is 4. The van der Waals surface area contributed by atoms with Crippen LogP contribution in [-0.2, 0) is 34.3 Å². The zero-order valence-electron chi connectivity index (χ0n) is 14.6. The molecule has 7 N–H and O–H groups in total. The van der Waals surface area contributed by atoms with Gasteiger partial charge in [0.15, 0.2) is 10.8 Å². The molecule has 2 rings (SSSR count). The van der Waals surface area contributed by atoms with Crippen LogP contribution in [-0.4, -0.2) is 82.3 Å². The van der Waals surface area contributed by atoms with Crippen LogP contribution in [0.3, 0.4) is 0 Å². The van der Waals surface area contributed by atoms with E-state index in [1.165, 1.54) is 5.38 Å². The van der Waals surface area contributed by atoms with E-state index in [9.17, 15) is 27.6 Å². The van der Waals surface area contributed by atoms with Gasteiger partial charge in [0.2, 0.25) is 6.61 Å². The summed E-state index contributed by atoms with van der Waals surface area (Å²) in [6, 6.07) is -3.08. The molecule has 0 radical (unpaired) electrons. The minimum Gasteiger partial charge on any atom is -0.479 e. The predicted octanol–water partition coefficient (Wildman–Crippen LogP) is -2.88. The molecule has 30 heavy (non-hydrogen) atoms. The van der Waals surface area contributed by atoms with E-state index in [4.69, 9.17) is 21.1 Å². The third-order valence-electron chi connectivity index (χ3n) is 3.42. The van der Waals surface area contributed by atoms with E-state index >= 15 is 0 Å². The minimum atomic E-state index is -5.02. The number of carbonyl (C=O) groups excluding carboxylic acids is 3. The number of nitrogen functional groups attached to an aromatic ring is 1. The highest BCUT2D eigenvalue weighted by Crippen LogP contribution is 2.24. The van der Waals surface area contributed by atoms with Crippen molar-refractivity contribution in [3.8, 4) is 0 Å². The quantitative estimate of drug-likeness (QED) is 0.106. The van der Waals surface area contributed by atoms with Crippen LogP contribution in [0.2, 0.25) is 0 Å². The van der Waals surface area contributed by atoms with Crippen LogP contribution >= 0.6 is 11.3 Å². The van der Waals surface area contributed by atoms with Gasteiger partial charge in [-0.05, 0) is 0 Å². The van der Waals surface area contributed by atoms with Gasteiger partial charge in [0.05, 0.1) is 0 Å². The number of amides is 3. The van der Waals surface area contributed by atoms with Crippen LogP contribution in [0, 0.1) is 0 Å². The second kappa shape index (κ2) is 8.88. The summed E-state index contributed by atoms with van der Waals surface area (Å²) in [4.78, 5) is 54.3. The zero-order valence-corrected chi connectivity index (χ0v) is 16.3. The second-order valence-electron chi connectivity index (χ2n) is 5.44. The molecule has 0 unspecified atom stereocenters. The highest BCUT2D eigenvalue weighted by molar-refractivity contribution is 7.84. The van der Waals surface area contributed by atoms with Crippen molar-refractivity contribution in [1.82, 2.24) is 14.6 Å². The zero-order chi connectivity index (χ0) is 22.6. The monoisotopic (exact) mass is 466 g/mol. The Bertz CT molecular complexity index is 1000. The first-order chi connectivity index (χ1) is 13.9. The van der Waals surface area contributed by atoms with Crippen molar-refractivity contribution in [2.24, 2.45) is 10.9 Å². The lowest BCUT2D eigenvalue weighted by Crippen LogP contribution is -2.73. The van der Waals surface area contributed by atoms with Gasteiger partial charge in [-0.3, -0.25) is 14.1 Å². The van der Waals surface area contributed by atoms with Crippen molar-refractivity contribution in [1.29, 1.82) is 0 Å². The number of primary amides is 1. The maximum absolute atomic E-state index is 12.6. The third kappa shape index (κ3) is 5.30. The molecule has 2 atom stereocenters. The number of aliphatic carboxylic acids is 1. The first-order valence-corrected chi connectivity index (χ1v) is 9.86. The number of aromatic nitrogens is 1. The van der Waals surface area contributed by atoms with Gasteiger partial charge < -0.3 is 31.5 Å². The van der Waals surface area contributed by atoms with Gasteiger partial charge in [0, 0.05) is 5.38 Å². The number of oxime groups is 1. The number of anilines is 1. The molecule has 0 saturated carbocycles. The van der Waals surface area contributed by atoms with Crippen molar-refractivity contribution < 1.29 is 46.8 Å². The summed E-state index contributed by atoms with van der Waals surface area (Å²) in [5.74, 6) is -3.76. The molecule has 164 valence electrons. The van der Waals surface area contributed by atoms with Gasteiger partial charge in [-0.15, -0.1) is 11.3 Å². The Morgan fingerprint density at radius 3 is 2.57 bits per heavy atom. The van der Waals surface area contributed by atoms with Crippen molar-refractivity contribution >= 4 is 56.4 Å². The number of hydrogen-bond donors (Lipinski definition) is 5. The normalized spacial score (nSPS) is 19.0. The summed E-state index contributed by atoms with van der Waals surface area (Å²) in [5.41, 5.74) is 9.58. The summed E-state index contributed by atoms with van der Waals surface area (Å²) < 4.78 is 36.2. The first-order valence-electron chi connectivity index (χ1n) is 7.58. The molecule has 1 aromatic heterocycles. The van der Waals surface area contributed by atoms with Gasteiger partial charge in [0.1, 0.15) is 24.4 Å². The van der Waals surface area contributed by atoms with Crippen molar-refractivity contribution in [2.75, 3.05) is 18.9 Å². The van der Waals surface area contributed by atoms with Crippen LogP contribution in [0.4, 0.5) is 9.93 Å². The molecule has 2 heterocycles. The number of rotatable bonds is 9. The average molecular weight is 466 g/mol. The van der Waals surface area contributed by atoms with E-state index in [1.54, 1.807) is 0 Å². The summed E-state index contributed by atoms with van der Waals surface area (Å²) in [5, 5.41) is 15.4. The number of carboxylic acid groups (broad SMARTS) is 1. The number of hydrogen-bond acceptors (Lipinski definition) is 12. The Balaban J connectivity index is 2.24. The molecular weight excluding hydrogens is 452 g/mol. The van der Waals surface area contributed by atoms with Crippen LogP contribution in [0.1, 0.15) is 5.69 Å². The van der Waals surface area contributed by atoms with Crippen LogP contribution in [0.15, 0.2) is 10.5 Å². The molecule has 1 fully saturated rings. The fourth-order valence-electron chi connectivity index (χ4n) is 2.26. The van der Waals surface area contributed by atoms with Crippen LogP contribution < -0.4 is 16.8 Å². The smallest absolute Gasteiger partial charge is 0.404 e.